The summed E-state index contributed by atoms with van der Waals surface area (Å²) in [7, 11) is 1.72. The summed E-state index contributed by atoms with van der Waals surface area (Å²) >= 11 is 1.71. The highest BCUT2D eigenvalue weighted by atomic mass is 32.1. The molecule has 1 saturated carbocycles. The third-order valence-corrected chi connectivity index (χ3v) is 4.14. The molecule has 19 heavy (non-hydrogen) atoms. The van der Waals surface area contributed by atoms with E-state index in [1.165, 1.54) is 24.0 Å². The quantitative estimate of drug-likeness (QED) is 0.878. The van der Waals surface area contributed by atoms with Gasteiger partial charge >= 0.3 is 0 Å². The number of nitrogens with one attached hydrogen (secondary N) is 1. The predicted molar refractivity (Wildman–Crippen MR) is 77.3 cm³/mol. The molecule has 1 N–H and O–H groups in total. The number of hydrogen-bond donors (Lipinski definition) is 1. The Hall–Kier alpha value is -1.23. The Labute approximate surface area is 117 Å². The number of ether oxygens (including phenoxy) is 1. The molecule has 0 aliphatic heterocycles. The van der Waals surface area contributed by atoms with Crippen LogP contribution in [0.5, 0.6) is 0 Å². The van der Waals surface area contributed by atoms with E-state index < -0.39 is 0 Å². The Morgan fingerprint density at radius 1 is 1.37 bits per heavy atom. The normalized spacial score (nSPS) is 16.5. The van der Waals surface area contributed by atoms with Gasteiger partial charge in [0, 0.05) is 24.7 Å². The summed E-state index contributed by atoms with van der Waals surface area (Å²) in [5.41, 5.74) is 2.48. The van der Waals surface area contributed by atoms with Crippen LogP contribution in [0.2, 0.25) is 0 Å². The zero-order valence-electron chi connectivity index (χ0n) is 11.0. The summed E-state index contributed by atoms with van der Waals surface area (Å²) in [6.07, 6.45) is 4.44. The van der Waals surface area contributed by atoms with Crippen molar-refractivity contribution < 1.29 is 4.74 Å². The second-order valence-corrected chi connectivity index (χ2v) is 5.85. The molecule has 1 aromatic carbocycles. The number of hydrogen-bond acceptors (Lipinski definition) is 4. The summed E-state index contributed by atoms with van der Waals surface area (Å²) in [5.74, 6) is 0. The number of benzene rings is 1. The van der Waals surface area contributed by atoms with Gasteiger partial charge in [-0.25, -0.2) is 4.98 Å². The first-order valence-electron chi connectivity index (χ1n) is 6.60. The Morgan fingerprint density at radius 3 is 2.74 bits per heavy atom. The molecule has 0 bridgehead atoms. The molecule has 1 fully saturated rings. The fourth-order valence-corrected chi connectivity index (χ4v) is 2.87. The van der Waals surface area contributed by atoms with Gasteiger partial charge in [0.25, 0.3) is 0 Å². The molecule has 1 unspecified atom stereocenters. The monoisotopic (exact) mass is 274 g/mol. The maximum absolute atomic E-state index is 5.15. The smallest absolute Gasteiger partial charge is 0.114 e. The molecule has 0 spiro atoms. The van der Waals surface area contributed by atoms with E-state index in [1.807, 2.05) is 11.6 Å². The average Bonchev–Trinajstić information content (AvgIpc) is 3.10. The minimum absolute atomic E-state index is 0.226. The van der Waals surface area contributed by atoms with Gasteiger partial charge in [-0.3, -0.25) is 0 Å². The number of aromatic nitrogens is 1. The van der Waals surface area contributed by atoms with E-state index in [4.69, 9.17) is 4.74 Å². The number of methoxy groups -OCH3 is 1. The first-order chi connectivity index (χ1) is 9.36. The van der Waals surface area contributed by atoms with Crippen molar-refractivity contribution in [3.63, 3.8) is 0 Å². The lowest BCUT2D eigenvalue weighted by atomic mass is 10.1. The molecule has 3 nitrogen and oxygen atoms in total. The number of nitrogens with zero attached hydrogens (tertiary/aromatic N) is 1. The maximum Gasteiger partial charge on any atom is 0.114 e. The van der Waals surface area contributed by atoms with Crippen molar-refractivity contribution in [2.75, 3.05) is 7.11 Å². The second kappa shape index (κ2) is 5.82. The van der Waals surface area contributed by atoms with E-state index in [2.05, 4.69) is 34.6 Å². The van der Waals surface area contributed by atoms with Crippen molar-refractivity contribution in [2.45, 2.75) is 31.5 Å². The minimum Gasteiger partial charge on any atom is -0.380 e. The third kappa shape index (κ3) is 3.21. The molecule has 100 valence electrons. The van der Waals surface area contributed by atoms with Crippen LogP contribution in [0.3, 0.4) is 0 Å². The van der Waals surface area contributed by atoms with Crippen molar-refractivity contribution in [1.82, 2.24) is 10.3 Å². The van der Waals surface area contributed by atoms with E-state index in [0.717, 1.165) is 5.01 Å². The molecule has 0 amide bonds. The molecule has 2 aromatic rings. The highest BCUT2D eigenvalue weighted by molar-refractivity contribution is 7.09. The molecule has 1 aliphatic carbocycles. The molecule has 4 heteroatoms. The molecular formula is C15H18N2OS. The minimum atomic E-state index is 0.226. The van der Waals surface area contributed by atoms with Gasteiger partial charge in [0.2, 0.25) is 0 Å². The van der Waals surface area contributed by atoms with E-state index in [1.54, 1.807) is 18.4 Å². The average molecular weight is 274 g/mol. The van der Waals surface area contributed by atoms with Crippen LogP contribution in [0.1, 0.15) is 35.0 Å². The second-order valence-electron chi connectivity index (χ2n) is 4.92. The largest absolute Gasteiger partial charge is 0.380 e. The van der Waals surface area contributed by atoms with E-state index in [9.17, 15) is 0 Å². The van der Waals surface area contributed by atoms with Gasteiger partial charge in [0.15, 0.2) is 0 Å². The summed E-state index contributed by atoms with van der Waals surface area (Å²) in [6, 6.07) is 9.50. The summed E-state index contributed by atoms with van der Waals surface area (Å²) < 4.78 is 5.15. The van der Waals surface area contributed by atoms with Crippen LogP contribution in [-0.4, -0.2) is 18.1 Å². The van der Waals surface area contributed by atoms with Gasteiger partial charge in [0.1, 0.15) is 5.01 Å². The van der Waals surface area contributed by atoms with Gasteiger partial charge in [-0.1, -0.05) is 24.3 Å². The highest BCUT2D eigenvalue weighted by Gasteiger charge is 2.27. The van der Waals surface area contributed by atoms with Crippen LogP contribution >= 0.6 is 11.3 Å². The fraction of sp³-hybridized carbons (Fsp3) is 0.400. The molecule has 1 aliphatic rings. The first kappa shape index (κ1) is 12.8. The van der Waals surface area contributed by atoms with E-state index in [-0.39, 0.29) is 6.04 Å². The molecular weight excluding hydrogens is 256 g/mol. The number of rotatable bonds is 6. The summed E-state index contributed by atoms with van der Waals surface area (Å²) in [5, 5.41) is 6.86. The third-order valence-electron chi connectivity index (χ3n) is 3.30. The van der Waals surface area contributed by atoms with Crippen LogP contribution in [-0.2, 0) is 11.3 Å². The predicted octanol–water partition coefficient (Wildman–Crippen LogP) is 3.13. The molecule has 1 atom stereocenters. The van der Waals surface area contributed by atoms with Gasteiger partial charge in [-0.15, -0.1) is 11.3 Å². The highest BCUT2D eigenvalue weighted by Crippen LogP contribution is 2.29. The first-order valence-corrected chi connectivity index (χ1v) is 7.48. The van der Waals surface area contributed by atoms with E-state index >= 15 is 0 Å². The Kier molecular flexibility index (Phi) is 3.92. The van der Waals surface area contributed by atoms with Crippen molar-refractivity contribution in [3.05, 3.63) is 52.0 Å². The molecule has 0 saturated heterocycles. The van der Waals surface area contributed by atoms with Crippen LogP contribution in [0, 0.1) is 0 Å². The Balaban J connectivity index is 1.81. The van der Waals surface area contributed by atoms with Gasteiger partial charge in [-0.2, -0.15) is 0 Å². The summed E-state index contributed by atoms with van der Waals surface area (Å²) in [4.78, 5) is 4.46. The molecule has 3 rings (SSSR count). The van der Waals surface area contributed by atoms with Gasteiger partial charge in [0.05, 0.1) is 12.6 Å². The van der Waals surface area contributed by atoms with Crippen molar-refractivity contribution >= 4 is 11.3 Å². The zero-order chi connectivity index (χ0) is 13.1. The molecule has 1 heterocycles. The zero-order valence-corrected chi connectivity index (χ0v) is 11.8. The van der Waals surface area contributed by atoms with Crippen LogP contribution in [0.15, 0.2) is 35.8 Å². The van der Waals surface area contributed by atoms with Crippen molar-refractivity contribution in [1.29, 1.82) is 0 Å². The van der Waals surface area contributed by atoms with Crippen molar-refractivity contribution in [2.24, 2.45) is 0 Å². The van der Waals surface area contributed by atoms with Gasteiger partial charge in [-0.05, 0) is 24.0 Å². The lowest BCUT2D eigenvalue weighted by Crippen LogP contribution is -2.24. The molecule has 1 aromatic heterocycles. The Morgan fingerprint density at radius 2 is 2.16 bits per heavy atom. The maximum atomic E-state index is 5.15. The molecule has 0 radical (unpaired) electrons. The van der Waals surface area contributed by atoms with E-state index in [0.29, 0.717) is 12.6 Å². The standard InChI is InChI=1S/C15H18N2OS/c1-18-10-11-2-4-12(5-3-11)14(17-13-6-7-13)15-16-8-9-19-15/h2-5,8-9,13-14,17H,6-7,10H2,1H3. The topological polar surface area (TPSA) is 34.1 Å². The lowest BCUT2D eigenvalue weighted by Gasteiger charge is -2.17. The van der Waals surface area contributed by atoms with Crippen LogP contribution in [0.25, 0.3) is 0 Å². The van der Waals surface area contributed by atoms with Crippen LogP contribution in [0.4, 0.5) is 0 Å². The fourth-order valence-electron chi connectivity index (χ4n) is 2.15. The van der Waals surface area contributed by atoms with Crippen molar-refractivity contribution in [3.8, 4) is 0 Å². The number of thiazole rings is 1. The Bertz CT molecular complexity index is 505. The SMILES string of the molecule is COCc1ccc(C(NC2CC2)c2nccs2)cc1. The lowest BCUT2D eigenvalue weighted by molar-refractivity contribution is 0.185. The van der Waals surface area contributed by atoms with Gasteiger partial charge < -0.3 is 10.1 Å². The van der Waals surface area contributed by atoms with Crippen LogP contribution < -0.4 is 5.32 Å². The summed E-state index contributed by atoms with van der Waals surface area (Å²) in [6.45, 7) is 0.665.